The molecule has 54 heavy (non-hydrogen) atoms. The Bertz CT molecular complexity index is 2780. The summed E-state index contributed by atoms with van der Waals surface area (Å²) in [6.45, 7) is 9.48. The van der Waals surface area contributed by atoms with Crippen molar-refractivity contribution < 1.29 is 0 Å². The molecule has 1 heteroatoms. The van der Waals surface area contributed by atoms with E-state index in [4.69, 9.17) is 0 Å². The van der Waals surface area contributed by atoms with Crippen molar-refractivity contribution in [2.45, 2.75) is 44.6 Å². The average Bonchev–Trinajstić information content (AvgIpc) is 3.56. The molecule has 1 N–H and O–H groups in total. The minimum absolute atomic E-state index is 0.0121. The maximum Gasteiger partial charge on any atom is 0.0701 e. The van der Waals surface area contributed by atoms with Gasteiger partial charge in [-0.3, -0.25) is 0 Å². The van der Waals surface area contributed by atoms with Crippen molar-refractivity contribution in [1.29, 1.82) is 0 Å². The number of para-hydroxylation sites is 1. The maximum atomic E-state index is 3.84. The summed E-state index contributed by atoms with van der Waals surface area (Å²) in [6, 6.07) is 60.6. The van der Waals surface area contributed by atoms with E-state index >= 15 is 0 Å². The monoisotopic (exact) mass is 693 g/mol. The maximum absolute atomic E-state index is 3.84. The van der Waals surface area contributed by atoms with Gasteiger partial charge in [-0.25, -0.2) is 0 Å². The number of fused-ring (bicyclic) bond motifs is 8. The molecule has 260 valence electrons. The second kappa shape index (κ2) is 12.2. The van der Waals surface area contributed by atoms with Gasteiger partial charge in [-0.1, -0.05) is 167 Å². The molecule has 2 aliphatic carbocycles. The molecule has 0 amide bonds. The lowest BCUT2D eigenvalue weighted by Gasteiger charge is -2.24. The quantitative estimate of drug-likeness (QED) is 0.183. The molecule has 0 radical (unpaired) electrons. The molecule has 1 nitrogen and oxygen atoms in total. The molecule has 8 aromatic rings. The van der Waals surface area contributed by atoms with Crippen LogP contribution in [0.1, 0.15) is 67.1 Å². The first-order chi connectivity index (χ1) is 26.3. The van der Waals surface area contributed by atoms with E-state index in [0.29, 0.717) is 0 Å². The van der Waals surface area contributed by atoms with Gasteiger partial charge in [-0.2, -0.15) is 0 Å². The Morgan fingerprint density at radius 2 is 1.02 bits per heavy atom. The lowest BCUT2D eigenvalue weighted by Crippen LogP contribution is -2.16. The summed E-state index contributed by atoms with van der Waals surface area (Å²) < 4.78 is 0. The molecule has 2 aliphatic rings. The standard InChI is InChI=1S/C53H43N/c1-52(2)46-20-12-19-42(51(46)45-30-37-14-9-11-16-39(37)32-49(45)52)35-24-21-34(22-25-35)23-28-50(54-41-17-6-5-7-18-41)40-26-27-43-44-29-36-13-8-10-15-38(36)31-48(44)53(3,4)47(43)33-40/h5-33,50,54H,1-4H3/b28-23+. The zero-order chi connectivity index (χ0) is 36.6. The summed E-state index contributed by atoms with van der Waals surface area (Å²) in [6.07, 6.45) is 4.58. The summed E-state index contributed by atoms with van der Waals surface area (Å²) in [5.74, 6) is 0. The number of benzene rings is 8. The van der Waals surface area contributed by atoms with Crippen molar-refractivity contribution in [3.05, 3.63) is 203 Å². The van der Waals surface area contributed by atoms with E-state index in [1.165, 1.54) is 88.3 Å². The Morgan fingerprint density at radius 3 is 1.70 bits per heavy atom. The molecule has 0 bridgehead atoms. The third kappa shape index (κ3) is 5.14. The number of hydrogen-bond acceptors (Lipinski definition) is 1. The van der Waals surface area contributed by atoms with Gasteiger partial charge >= 0.3 is 0 Å². The van der Waals surface area contributed by atoms with Crippen molar-refractivity contribution in [3.63, 3.8) is 0 Å². The van der Waals surface area contributed by atoms with Crippen molar-refractivity contribution in [2.75, 3.05) is 5.32 Å². The Kier molecular flexibility index (Phi) is 7.33. The van der Waals surface area contributed by atoms with E-state index in [-0.39, 0.29) is 16.9 Å². The minimum Gasteiger partial charge on any atom is -0.375 e. The van der Waals surface area contributed by atoms with Crippen LogP contribution < -0.4 is 5.32 Å². The average molecular weight is 694 g/mol. The summed E-state index contributed by atoms with van der Waals surface area (Å²) in [5.41, 5.74) is 16.9. The molecule has 0 saturated carbocycles. The van der Waals surface area contributed by atoms with E-state index in [1.807, 2.05) is 0 Å². The number of hydrogen-bond donors (Lipinski definition) is 1. The predicted molar refractivity (Wildman–Crippen MR) is 230 cm³/mol. The fraction of sp³-hybridized carbons (Fsp3) is 0.132. The highest BCUT2D eigenvalue weighted by Crippen LogP contribution is 2.53. The number of anilines is 1. The molecular formula is C53H43N. The topological polar surface area (TPSA) is 12.0 Å². The molecule has 0 aliphatic heterocycles. The van der Waals surface area contributed by atoms with Gasteiger partial charge in [0.15, 0.2) is 0 Å². The molecule has 8 aromatic carbocycles. The van der Waals surface area contributed by atoms with Crippen LogP contribution in [-0.4, -0.2) is 0 Å². The van der Waals surface area contributed by atoms with Crippen molar-refractivity contribution in [3.8, 4) is 33.4 Å². The van der Waals surface area contributed by atoms with Crippen LogP contribution in [-0.2, 0) is 10.8 Å². The van der Waals surface area contributed by atoms with E-state index < -0.39 is 0 Å². The lowest BCUT2D eigenvalue weighted by atomic mass is 9.81. The van der Waals surface area contributed by atoms with Crippen LogP contribution in [0.5, 0.6) is 0 Å². The van der Waals surface area contributed by atoms with Crippen LogP contribution in [0.15, 0.2) is 170 Å². The van der Waals surface area contributed by atoms with Gasteiger partial charge in [-0.15, -0.1) is 0 Å². The fourth-order valence-corrected chi connectivity index (χ4v) is 9.28. The van der Waals surface area contributed by atoms with Crippen molar-refractivity contribution in [2.24, 2.45) is 0 Å². The van der Waals surface area contributed by atoms with Gasteiger partial charge in [0, 0.05) is 16.5 Å². The highest BCUT2D eigenvalue weighted by atomic mass is 14.9. The van der Waals surface area contributed by atoms with Gasteiger partial charge in [0.2, 0.25) is 0 Å². The van der Waals surface area contributed by atoms with Crippen molar-refractivity contribution >= 4 is 33.3 Å². The molecule has 0 saturated heterocycles. The Balaban J connectivity index is 0.997. The van der Waals surface area contributed by atoms with Crippen LogP contribution in [0.25, 0.3) is 61.0 Å². The predicted octanol–water partition coefficient (Wildman–Crippen LogP) is 14.1. The first-order valence-electron chi connectivity index (χ1n) is 19.2. The smallest absolute Gasteiger partial charge is 0.0701 e. The Hall–Kier alpha value is -6.18. The third-order valence-corrected chi connectivity index (χ3v) is 12.3. The van der Waals surface area contributed by atoms with E-state index in [0.717, 1.165) is 5.69 Å². The van der Waals surface area contributed by atoms with E-state index in [1.54, 1.807) is 0 Å². The molecule has 0 heterocycles. The first kappa shape index (κ1) is 32.5. The second-order valence-corrected chi connectivity index (χ2v) is 16.2. The molecule has 1 unspecified atom stereocenters. The normalized spacial score (nSPS) is 15.2. The Morgan fingerprint density at radius 1 is 0.444 bits per heavy atom. The van der Waals surface area contributed by atoms with Gasteiger partial charge in [0.1, 0.15) is 0 Å². The summed E-state index contributed by atoms with van der Waals surface area (Å²) in [5, 5.41) is 9.03. The van der Waals surface area contributed by atoms with E-state index in [9.17, 15) is 0 Å². The van der Waals surface area contributed by atoms with Gasteiger partial charge < -0.3 is 5.32 Å². The summed E-state index contributed by atoms with van der Waals surface area (Å²) in [7, 11) is 0. The zero-order valence-electron chi connectivity index (χ0n) is 31.3. The molecule has 0 spiro atoms. The third-order valence-electron chi connectivity index (χ3n) is 12.3. The van der Waals surface area contributed by atoms with Crippen LogP contribution in [0.2, 0.25) is 0 Å². The second-order valence-electron chi connectivity index (χ2n) is 16.2. The van der Waals surface area contributed by atoms with Gasteiger partial charge in [0.05, 0.1) is 6.04 Å². The molecule has 0 fully saturated rings. The fourth-order valence-electron chi connectivity index (χ4n) is 9.28. The zero-order valence-corrected chi connectivity index (χ0v) is 31.3. The van der Waals surface area contributed by atoms with Gasteiger partial charge in [0.25, 0.3) is 0 Å². The molecular weight excluding hydrogens is 651 g/mol. The highest BCUT2D eigenvalue weighted by Gasteiger charge is 2.38. The number of rotatable bonds is 6. The van der Waals surface area contributed by atoms with Crippen LogP contribution >= 0.6 is 0 Å². The SMILES string of the molecule is CC1(C)c2cc(C(/C=C/c3ccc(-c4cccc5c4-c4cc6ccccc6cc4C5(C)C)cc3)Nc3ccccc3)ccc2-c2cc3ccccc3cc21. The molecule has 10 rings (SSSR count). The number of nitrogens with one attached hydrogen (secondary N) is 1. The minimum atomic E-state index is -0.0952. The lowest BCUT2D eigenvalue weighted by molar-refractivity contribution is 0.659. The van der Waals surface area contributed by atoms with Crippen LogP contribution in [0.4, 0.5) is 5.69 Å². The molecule has 0 aromatic heterocycles. The van der Waals surface area contributed by atoms with Crippen LogP contribution in [0, 0.1) is 0 Å². The largest absolute Gasteiger partial charge is 0.375 e. The van der Waals surface area contributed by atoms with Crippen LogP contribution in [0.3, 0.4) is 0 Å². The first-order valence-corrected chi connectivity index (χ1v) is 19.2. The van der Waals surface area contributed by atoms with Gasteiger partial charge in [-0.05, 0) is 125 Å². The van der Waals surface area contributed by atoms with Crippen molar-refractivity contribution in [1.82, 2.24) is 0 Å². The summed E-state index contributed by atoms with van der Waals surface area (Å²) in [4.78, 5) is 0. The Labute approximate surface area is 318 Å². The molecule has 1 atom stereocenters. The summed E-state index contributed by atoms with van der Waals surface area (Å²) >= 11 is 0. The van der Waals surface area contributed by atoms with E-state index in [2.05, 4.69) is 209 Å². The highest BCUT2D eigenvalue weighted by molar-refractivity contribution is 5.99.